The number of benzene rings is 2. The summed E-state index contributed by atoms with van der Waals surface area (Å²) in [5, 5.41) is 26.9. The van der Waals surface area contributed by atoms with E-state index < -0.39 is 12.7 Å². The molecule has 0 heterocycles. The minimum absolute atomic E-state index is 0.217. The number of hydrogen-bond acceptors (Lipinski definition) is 6. The van der Waals surface area contributed by atoms with E-state index in [1.165, 1.54) is 6.21 Å². The monoisotopic (exact) mass is 298 g/mol. The zero-order chi connectivity index (χ0) is 15.6. The predicted molar refractivity (Wildman–Crippen MR) is 89.1 cm³/mol. The maximum Gasteiger partial charge on any atom is 0.122 e. The first kappa shape index (κ1) is 15.7. The number of anilines is 2. The lowest BCUT2D eigenvalue weighted by molar-refractivity contribution is 0.146. The Morgan fingerprint density at radius 3 is 2.05 bits per heavy atom. The van der Waals surface area contributed by atoms with Crippen LogP contribution in [0.4, 0.5) is 11.4 Å². The fourth-order valence-electron chi connectivity index (χ4n) is 1.61. The van der Waals surface area contributed by atoms with E-state index in [1.807, 2.05) is 60.7 Å². The van der Waals surface area contributed by atoms with Crippen LogP contribution in [0.5, 0.6) is 0 Å². The van der Waals surface area contributed by atoms with Gasteiger partial charge in [0.2, 0.25) is 0 Å². The van der Waals surface area contributed by atoms with E-state index >= 15 is 0 Å². The fourth-order valence-corrected chi connectivity index (χ4v) is 1.61. The van der Waals surface area contributed by atoms with Crippen LogP contribution < -0.4 is 10.9 Å². The van der Waals surface area contributed by atoms with E-state index in [0.29, 0.717) is 0 Å². The second-order valence-electron chi connectivity index (χ2n) is 4.45. The van der Waals surface area contributed by atoms with Crippen molar-refractivity contribution in [3.8, 4) is 0 Å². The third kappa shape index (κ3) is 5.01. The van der Waals surface area contributed by atoms with Gasteiger partial charge in [-0.15, -0.1) is 0 Å². The highest BCUT2D eigenvalue weighted by Gasteiger charge is 2.09. The molecule has 0 amide bonds. The number of para-hydroxylation sites is 2. The molecule has 4 N–H and O–H groups in total. The van der Waals surface area contributed by atoms with Crippen molar-refractivity contribution in [2.75, 3.05) is 17.5 Å². The molecule has 0 saturated heterocycles. The van der Waals surface area contributed by atoms with Gasteiger partial charge in [-0.05, 0) is 24.3 Å². The van der Waals surface area contributed by atoms with Gasteiger partial charge in [0.15, 0.2) is 0 Å². The van der Waals surface area contributed by atoms with Gasteiger partial charge in [0.25, 0.3) is 0 Å². The van der Waals surface area contributed by atoms with Crippen molar-refractivity contribution < 1.29 is 10.2 Å². The lowest BCUT2D eigenvalue weighted by Gasteiger charge is -2.08. The van der Waals surface area contributed by atoms with Crippen LogP contribution in [-0.4, -0.2) is 34.9 Å². The van der Waals surface area contributed by atoms with Gasteiger partial charge in [-0.1, -0.05) is 36.4 Å². The molecule has 1 atom stereocenters. The Hall–Kier alpha value is -2.70. The van der Waals surface area contributed by atoms with Crippen molar-refractivity contribution in [1.29, 1.82) is 0 Å². The van der Waals surface area contributed by atoms with Crippen LogP contribution in [-0.2, 0) is 0 Å². The standard InChI is InChI=1S/C16H18N4O2/c21-12-16(22)15(20-19-14-9-5-2-6-10-14)11-17-18-13-7-3-1-4-8-13/h1-11,16,18-19,21-22H,12H2/b17-11+,20-15-. The highest BCUT2D eigenvalue weighted by Crippen LogP contribution is 2.06. The number of hydrazone groups is 2. The van der Waals surface area contributed by atoms with Crippen LogP contribution in [0.1, 0.15) is 0 Å². The van der Waals surface area contributed by atoms with Gasteiger partial charge in [-0.2, -0.15) is 10.2 Å². The summed E-state index contributed by atoms with van der Waals surface area (Å²) in [5.41, 5.74) is 7.43. The number of aliphatic hydroxyl groups excluding tert-OH is 2. The molecule has 0 radical (unpaired) electrons. The summed E-state index contributed by atoms with van der Waals surface area (Å²) >= 11 is 0. The van der Waals surface area contributed by atoms with Crippen LogP contribution in [0.15, 0.2) is 70.9 Å². The Balaban J connectivity index is 2.02. The summed E-state index contributed by atoms with van der Waals surface area (Å²) in [6.07, 6.45) is 0.252. The first-order chi connectivity index (χ1) is 10.8. The smallest absolute Gasteiger partial charge is 0.122 e. The van der Waals surface area contributed by atoms with Gasteiger partial charge in [0.05, 0.1) is 24.2 Å². The van der Waals surface area contributed by atoms with E-state index in [4.69, 9.17) is 5.11 Å². The number of nitrogens with one attached hydrogen (secondary N) is 2. The van der Waals surface area contributed by atoms with E-state index in [1.54, 1.807) is 0 Å². The minimum Gasteiger partial charge on any atom is -0.393 e. The molecule has 6 heteroatoms. The molecule has 2 aromatic rings. The lowest BCUT2D eigenvalue weighted by Crippen LogP contribution is -2.27. The summed E-state index contributed by atoms with van der Waals surface area (Å²) in [5.74, 6) is 0. The average molecular weight is 298 g/mol. The van der Waals surface area contributed by atoms with Crippen LogP contribution in [0.25, 0.3) is 0 Å². The molecule has 0 spiro atoms. The van der Waals surface area contributed by atoms with Crippen molar-refractivity contribution >= 4 is 23.3 Å². The van der Waals surface area contributed by atoms with Gasteiger partial charge in [0, 0.05) is 0 Å². The molecular formula is C16H18N4O2. The molecule has 0 aliphatic rings. The molecule has 0 bridgehead atoms. The molecule has 6 nitrogen and oxygen atoms in total. The molecule has 0 aliphatic carbocycles. The summed E-state index contributed by atoms with van der Waals surface area (Å²) in [6.45, 7) is -0.438. The molecular weight excluding hydrogens is 280 g/mol. The Bertz CT molecular complexity index is 615. The van der Waals surface area contributed by atoms with Crippen molar-refractivity contribution in [3.63, 3.8) is 0 Å². The van der Waals surface area contributed by atoms with Crippen LogP contribution in [0, 0.1) is 0 Å². The Morgan fingerprint density at radius 1 is 0.955 bits per heavy atom. The molecule has 114 valence electrons. The Kier molecular flexibility index (Phi) is 6.10. The van der Waals surface area contributed by atoms with E-state index in [9.17, 15) is 5.11 Å². The summed E-state index contributed by atoms with van der Waals surface area (Å²) in [4.78, 5) is 0. The van der Waals surface area contributed by atoms with Gasteiger partial charge >= 0.3 is 0 Å². The van der Waals surface area contributed by atoms with Gasteiger partial charge in [0.1, 0.15) is 11.8 Å². The number of nitrogens with zero attached hydrogens (tertiary/aromatic N) is 2. The van der Waals surface area contributed by atoms with Crippen LogP contribution in [0.2, 0.25) is 0 Å². The summed E-state index contributed by atoms with van der Waals surface area (Å²) in [6, 6.07) is 18.7. The Morgan fingerprint density at radius 2 is 1.50 bits per heavy atom. The predicted octanol–water partition coefficient (Wildman–Crippen LogP) is 1.91. The third-order valence-electron chi connectivity index (χ3n) is 2.77. The average Bonchev–Trinajstić information content (AvgIpc) is 2.59. The van der Waals surface area contributed by atoms with Gasteiger partial charge in [-0.25, -0.2) is 0 Å². The number of hydrogen-bond donors (Lipinski definition) is 4. The SMILES string of the molecule is OCC(O)C(/C=N/Nc1ccccc1)=N\Nc1ccccc1. The van der Waals surface area contributed by atoms with Crippen molar-refractivity contribution in [3.05, 3.63) is 60.7 Å². The van der Waals surface area contributed by atoms with E-state index in [0.717, 1.165) is 11.4 Å². The second-order valence-corrected chi connectivity index (χ2v) is 4.45. The molecule has 1 unspecified atom stereocenters. The minimum atomic E-state index is -1.11. The zero-order valence-corrected chi connectivity index (χ0v) is 11.9. The molecule has 22 heavy (non-hydrogen) atoms. The quantitative estimate of drug-likeness (QED) is 0.464. The highest BCUT2D eigenvalue weighted by molar-refractivity contribution is 6.32. The highest BCUT2D eigenvalue weighted by atomic mass is 16.3. The molecule has 0 fully saturated rings. The molecule has 2 rings (SSSR count). The second kappa shape index (κ2) is 8.56. The van der Waals surface area contributed by atoms with E-state index in [2.05, 4.69) is 21.1 Å². The largest absolute Gasteiger partial charge is 0.393 e. The molecule has 0 aromatic heterocycles. The maximum absolute atomic E-state index is 9.75. The van der Waals surface area contributed by atoms with Crippen molar-refractivity contribution in [2.45, 2.75) is 6.10 Å². The van der Waals surface area contributed by atoms with Crippen molar-refractivity contribution in [2.24, 2.45) is 10.2 Å². The molecule has 0 saturated carbocycles. The fraction of sp³-hybridized carbons (Fsp3) is 0.125. The van der Waals surface area contributed by atoms with Crippen LogP contribution in [0.3, 0.4) is 0 Å². The molecule has 2 aromatic carbocycles. The lowest BCUT2D eigenvalue weighted by atomic mass is 10.2. The summed E-state index contributed by atoms with van der Waals surface area (Å²) < 4.78 is 0. The summed E-state index contributed by atoms with van der Waals surface area (Å²) in [7, 11) is 0. The molecule has 0 aliphatic heterocycles. The first-order valence-electron chi connectivity index (χ1n) is 6.81. The first-order valence-corrected chi connectivity index (χ1v) is 6.81. The van der Waals surface area contributed by atoms with Gasteiger partial charge < -0.3 is 10.2 Å². The van der Waals surface area contributed by atoms with E-state index in [-0.39, 0.29) is 5.71 Å². The topological polar surface area (TPSA) is 89.2 Å². The number of aliphatic hydroxyl groups is 2. The normalized spacial score (nSPS) is 13.1. The van der Waals surface area contributed by atoms with Crippen molar-refractivity contribution in [1.82, 2.24) is 0 Å². The third-order valence-corrected chi connectivity index (χ3v) is 2.77. The Labute approximate surface area is 128 Å². The van der Waals surface area contributed by atoms with Gasteiger partial charge in [-0.3, -0.25) is 10.9 Å². The van der Waals surface area contributed by atoms with Crippen LogP contribution >= 0.6 is 0 Å². The maximum atomic E-state index is 9.75. The zero-order valence-electron chi connectivity index (χ0n) is 11.9. The number of rotatable bonds is 7.